The van der Waals surface area contributed by atoms with Gasteiger partial charge in [0.05, 0.1) is 25.1 Å². The van der Waals surface area contributed by atoms with Gasteiger partial charge in [0, 0.05) is 37.5 Å². The number of morpholine rings is 1. The fourth-order valence-corrected chi connectivity index (χ4v) is 2.52. The summed E-state index contributed by atoms with van der Waals surface area (Å²) >= 11 is 0. The lowest BCUT2D eigenvalue weighted by Crippen LogP contribution is -2.36. The maximum atomic E-state index is 14.3. The van der Waals surface area contributed by atoms with E-state index in [-0.39, 0.29) is 11.6 Å². The van der Waals surface area contributed by atoms with E-state index in [0.29, 0.717) is 37.6 Å². The van der Waals surface area contributed by atoms with Crippen LogP contribution in [0.1, 0.15) is 15.9 Å². The van der Waals surface area contributed by atoms with Crippen LogP contribution in [-0.2, 0) is 11.8 Å². The summed E-state index contributed by atoms with van der Waals surface area (Å²) < 4.78 is 21.2. The number of carbonyl (C=O) groups excluding carboxylic acids is 1. The predicted molar refractivity (Wildman–Crippen MR) is 86.0 cm³/mol. The summed E-state index contributed by atoms with van der Waals surface area (Å²) in [5.74, 6) is -0.617. The SMILES string of the molecule is Cn1cc(/C=C\C(=O)c2ccc(N3CCOCC3)c(F)c2)cn1. The Balaban J connectivity index is 1.74. The summed E-state index contributed by atoms with van der Waals surface area (Å²) in [7, 11) is 1.80. The number of allylic oxidation sites excluding steroid dienone is 1. The van der Waals surface area contributed by atoms with Crippen molar-refractivity contribution in [3.63, 3.8) is 0 Å². The third-order valence-corrected chi connectivity index (χ3v) is 3.74. The number of hydrogen-bond donors (Lipinski definition) is 0. The van der Waals surface area contributed by atoms with Gasteiger partial charge in [-0.1, -0.05) is 0 Å². The van der Waals surface area contributed by atoms with Crippen LogP contribution in [0, 0.1) is 5.82 Å². The highest BCUT2D eigenvalue weighted by Crippen LogP contribution is 2.22. The number of aryl methyl sites for hydroxylation is 1. The van der Waals surface area contributed by atoms with Crippen molar-refractivity contribution in [2.45, 2.75) is 0 Å². The van der Waals surface area contributed by atoms with Crippen LogP contribution >= 0.6 is 0 Å². The first kappa shape index (κ1) is 15.4. The first-order valence-electron chi connectivity index (χ1n) is 7.47. The standard InChI is InChI=1S/C17H18FN3O2/c1-20-12-13(11-19-20)2-5-17(22)14-3-4-16(15(18)10-14)21-6-8-23-9-7-21/h2-5,10-12H,6-9H2,1H3/b5-2-. The zero-order valence-corrected chi connectivity index (χ0v) is 12.9. The van der Waals surface area contributed by atoms with Gasteiger partial charge in [-0.25, -0.2) is 4.39 Å². The highest BCUT2D eigenvalue weighted by atomic mass is 19.1. The third-order valence-electron chi connectivity index (χ3n) is 3.74. The molecule has 2 heterocycles. The normalized spacial score (nSPS) is 15.3. The second-order valence-electron chi connectivity index (χ2n) is 5.41. The minimum Gasteiger partial charge on any atom is -0.378 e. The molecule has 0 unspecified atom stereocenters. The van der Waals surface area contributed by atoms with Crippen molar-refractivity contribution < 1.29 is 13.9 Å². The summed E-state index contributed by atoms with van der Waals surface area (Å²) in [6.07, 6.45) is 6.56. The molecular weight excluding hydrogens is 297 g/mol. The Morgan fingerprint density at radius 1 is 1.35 bits per heavy atom. The molecule has 0 aliphatic carbocycles. The number of carbonyl (C=O) groups is 1. The van der Waals surface area contributed by atoms with E-state index < -0.39 is 0 Å². The van der Waals surface area contributed by atoms with Crippen molar-refractivity contribution in [3.05, 3.63) is 53.6 Å². The molecule has 0 saturated carbocycles. The molecule has 5 nitrogen and oxygen atoms in total. The molecule has 6 heteroatoms. The second-order valence-corrected chi connectivity index (χ2v) is 5.41. The van der Waals surface area contributed by atoms with Crippen molar-refractivity contribution in [3.8, 4) is 0 Å². The number of ketones is 1. The van der Waals surface area contributed by atoms with Gasteiger partial charge in [-0.3, -0.25) is 9.48 Å². The Kier molecular flexibility index (Phi) is 4.52. The molecule has 0 spiro atoms. The molecule has 1 aliphatic heterocycles. The lowest BCUT2D eigenvalue weighted by molar-refractivity contribution is 0.104. The highest BCUT2D eigenvalue weighted by Gasteiger charge is 2.16. The summed E-state index contributed by atoms with van der Waals surface area (Å²) in [4.78, 5) is 14.1. The van der Waals surface area contributed by atoms with E-state index >= 15 is 0 Å². The average Bonchev–Trinajstić information content (AvgIpc) is 2.99. The van der Waals surface area contributed by atoms with Gasteiger partial charge < -0.3 is 9.64 Å². The van der Waals surface area contributed by atoms with Gasteiger partial charge in [-0.15, -0.1) is 0 Å². The van der Waals surface area contributed by atoms with Crippen LogP contribution in [0.4, 0.5) is 10.1 Å². The Morgan fingerprint density at radius 2 is 2.13 bits per heavy atom. The van der Waals surface area contributed by atoms with Gasteiger partial charge >= 0.3 is 0 Å². The number of benzene rings is 1. The Bertz CT molecular complexity index is 733. The molecule has 23 heavy (non-hydrogen) atoms. The fraction of sp³-hybridized carbons (Fsp3) is 0.294. The molecule has 1 fully saturated rings. The van der Waals surface area contributed by atoms with Crippen molar-refractivity contribution in [1.82, 2.24) is 9.78 Å². The van der Waals surface area contributed by atoms with Crippen molar-refractivity contribution >= 4 is 17.5 Å². The molecule has 1 aliphatic rings. The maximum Gasteiger partial charge on any atom is 0.185 e. The zero-order chi connectivity index (χ0) is 16.2. The van der Waals surface area contributed by atoms with E-state index in [2.05, 4.69) is 5.10 Å². The lowest BCUT2D eigenvalue weighted by Gasteiger charge is -2.29. The van der Waals surface area contributed by atoms with Crippen LogP contribution in [0.5, 0.6) is 0 Å². The molecule has 2 aromatic rings. The minimum atomic E-state index is -0.382. The monoisotopic (exact) mass is 315 g/mol. The largest absolute Gasteiger partial charge is 0.378 e. The number of anilines is 1. The highest BCUT2D eigenvalue weighted by molar-refractivity contribution is 6.07. The van der Waals surface area contributed by atoms with Crippen LogP contribution in [-0.4, -0.2) is 41.9 Å². The van der Waals surface area contributed by atoms with Crippen LogP contribution < -0.4 is 4.90 Å². The number of nitrogens with zero attached hydrogens (tertiary/aromatic N) is 3. The average molecular weight is 315 g/mol. The van der Waals surface area contributed by atoms with Crippen molar-refractivity contribution in [1.29, 1.82) is 0 Å². The number of aromatic nitrogens is 2. The number of hydrogen-bond acceptors (Lipinski definition) is 4. The van der Waals surface area contributed by atoms with Crippen LogP contribution in [0.2, 0.25) is 0 Å². The summed E-state index contributed by atoms with van der Waals surface area (Å²) in [5.41, 5.74) is 1.67. The van der Waals surface area contributed by atoms with Gasteiger partial charge in [0.15, 0.2) is 5.78 Å². The van der Waals surface area contributed by atoms with E-state index in [4.69, 9.17) is 4.74 Å². The quantitative estimate of drug-likeness (QED) is 0.641. The van der Waals surface area contributed by atoms with Crippen LogP contribution in [0.3, 0.4) is 0 Å². The first-order chi connectivity index (χ1) is 11.1. The Hall–Kier alpha value is -2.47. The first-order valence-corrected chi connectivity index (χ1v) is 7.47. The molecule has 3 rings (SSSR count). The van der Waals surface area contributed by atoms with Gasteiger partial charge in [0.1, 0.15) is 5.82 Å². The van der Waals surface area contributed by atoms with Crippen molar-refractivity contribution in [2.24, 2.45) is 7.05 Å². The molecule has 0 amide bonds. The van der Waals surface area contributed by atoms with Gasteiger partial charge in [-0.05, 0) is 30.4 Å². The molecule has 0 bridgehead atoms. The van der Waals surface area contributed by atoms with E-state index in [0.717, 1.165) is 5.56 Å². The summed E-state index contributed by atoms with van der Waals surface area (Å²) in [6, 6.07) is 4.61. The maximum absolute atomic E-state index is 14.3. The van der Waals surface area contributed by atoms with Gasteiger partial charge in [-0.2, -0.15) is 5.10 Å². The molecule has 0 N–H and O–H groups in total. The topological polar surface area (TPSA) is 47.4 Å². The smallest absolute Gasteiger partial charge is 0.185 e. The lowest BCUT2D eigenvalue weighted by atomic mass is 10.1. The number of ether oxygens (including phenoxy) is 1. The number of rotatable bonds is 4. The molecule has 0 atom stereocenters. The van der Waals surface area contributed by atoms with Crippen LogP contribution in [0.25, 0.3) is 6.08 Å². The minimum absolute atomic E-state index is 0.235. The second kappa shape index (κ2) is 6.75. The van der Waals surface area contributed by atoms with Gasteiger partial charge in [0.2, 0.25) is 0 Å². The Labute approximate surface area is 134 Å². The number of halogens is 1. The van der Waals surface area contributed by atoms with Crippen molar-refractivity contribution in [2.75, 3.05) is 31.2 Å². The molecular formula is C17H18FN3O2. The van der Waals surface area contributed by atoms with E-state index in [9.17, 15) is 9.18 Å². The third kappa shape index (κ3) is 3.65. The van der Waals surface area contributed by atoms with Crippen LogP contribution in [0.15, 0.2) is 36.7 Å². The van der Waals surface area contributed by atoms with Gasteiger partial charge in [0.25, 0.3) is 0 Å². The van der Waals surface area contributed by atoms with E-state index in [1.807, 2.05) is 4.90 Å². The fourth-order valence-electron chi connectivity index (χ4n) is 2.52. The van der Waals surface area contributed by atoms with E-state index in [1.54, 1.807) is 42.3 Å². The summed E-state index contributed by atoms with van der Waals surface area (Å²) in [5, 5.41) is 4.02. The predicted octanol–water partition coefficient (Wildman–Crippen LogP) is 2.29. The molecule has 0 radical (unpaired) electrons. The molecule has 1 aromatic heterocycles. The van der Waals surface area contributed by atoms with E-state index in [1.165, 1.54) is 12.1 Å². The molecule has 120 valence electrons. The molecule has 1 saturated heterocycles. The Morgan fingerprint density at radius 3 is 2.78 bits per heavy atom. The summed E-state index contributed by atoms with van der Waals surface area (Å²) in [6.45, 7) is 2.50. The zero-order valence-electron chi connectivity index (χ0n) is 12.9. The molecule has 1 aromatic carbocycles.